The number of halogens is 1. The number of para-hydroxylation sites is 1. The molecule has 0 saturated heterocycles. The van der Waals surface area contributed by atoms with Crippen molar-refractivity contribution in [3.05, 3.63) is 42.1 Å². The Bertz CT molecular complexity index is 519. The quantitative estimate of drug-likeness (QED) is 0.498. The van der Waals surface area contributed by atoms with Gasteiger partial charge in [0.2, 0.25) is 0 Å². The molecule has 1 heterocycles. The van der Waals surface area contributed by atoms with Gasteiger partial charge < -0.3 is 11.1 Å². The maximum Gasteiger partial charge on any atom is 0.188 e. The van der Waals surface area contributed by atoms with Crippen LogP contribution in [0.4, 0.5) is 0 Å². The predicted octanol–water partition coefficient (Wildman–Crippen LogP) is 1.89. The van der Waals surface area contributed by atoms with Crippen LogP contribution in [0.15, 0.2) is 41.5 Å². The number of nitrogens with two attached hydrogens (primary N) is 1. The summed E-state index contributed by atoms with van der Waals surface area (Å²) in [6, 6.07) is 10.0. The van der Waals surface area contributed by atoms with E-state index in [0.717, 1.165) is 16.5 Å². The summed E-state index contributed by atoms with van der Waals surface area (Å²) in [7, 11) is 1.66. The van der Waals surface area contributed by atoms with Crippen LogP contribution in [0.25, 0.3) is 10.9 Å². The second-order valence-corrected chi connectivity index (χ2v) is 3.45. The Morgan fingerprint density at radius 3 is 2.88 bits per heavy atom. The van der Waals surface area contributed by atoms with Gasteiger partial charge >= 0.3 is 0 Å². The van der Waals surface area contributed by atoms with Gasteiger partial charge in [0.15, 0.2) is 5.96 Å². The Labute approximate surface area is 117 Å². The van der Waals surface area contributed by atoms with Gasteiger partial charge in [-0.25, -0.2) is 0 Å². The summed E-state index contributed by atoms with van der Waals surface area (Å²) in [5.74, 6) is 0.445. The van der Waals surface area contributed by atoms with Crippen molar-refractivity contribution in [3.63, 3.8) is 0 Å². The Balaban J connectivity index is 0.00000144. The molecule has 90 valence electrons. The maximum atomic E-state index is 5.59. The topological polar surface area (TPSA) is 63.3 Å². The van der Waals surface area contributed by atoms with Gasteiger partial charge in [-0.15, -0.1) is 24.0 Å². The molecule has 0 radical (unpaired) electrons. The number of pyridine rings is 1. The molecule has 1 aromatic carbocycles. The van der Waals surface area contributed by atoms with Crippen LogP contribution in [-0.2, 0) is 6.54 Å². The van der Waals surface area contributed by atoms with Crippen LogP contribution in [0.1, 0.15) is 5.56 Å². The Hall–Kier alpha value is -1.37. The van der Waals surface area contributed by atoms with E-state index >= 15 is 0 Å². The van der Waals surface area contributed by atoms with Crippen molar-refractivity contribution in [2.24, 2.45) is 10.7 Å². The number of guanidine groups is 1. The molecule has 2 aromatic rings. The molecule has 5 heteroatoms. The van der Waals surface area contributed by atoms with Crippen molar-refractivity contribution in [1.29, 1.82) is 0 Å². The minimum Gasteiger partial charge on any atom is -0.370 e. The molecule has 0 saturated carbocycles. The van der Waals surface area contributed by atoms with Crippen LogP contribution in [-0.4, -0.2) is 18.0 Å². The van der Waals surface area contributed by atoms with Gasteiger partial charge in [-0.05, 0) is 17.7 Å². The first-order valence-electron chi connectivity index (χ1n) is 5.10. The van der Waals surface area contributed by atoms with E-state index in [1.807, 2.05) is 24.3 Å². The lowest BCUT2D eigenvalue weighted by Gasteiger charge is -2.07. The molecular formula is C12H15IN4. The number of fused-ring (bicyclic) bond motifs is 1. The molecule has 4 nitrogen and oxygen atoms in total. The van der Waals surface area contributed by atoms with Gasteiger partial charge in [-0.1, -0.05) is 18.2 Å². The van der Waals surface area contributed by atoms with Gasteiger partial charge in [0.1, 0.15) is 0 Å². The normalized spacial score (nSPS) is 11.0. The number of nitrogens with one attached hydrogen (secondary N) is 1. The van der Waals surface area contributed by atoms with Crippen LogP contribution in [0.3, 0.4) is 0 Å². The summed E-state index contributed by atoms with van der Waals surface area (Å²) in [4.78, 5) is 8.15. The SMILES string of the molecule is CN=C(N)NCc1ccnc2ccccc12.I. The molecule has 0 atom stereocenters. The monoisotopic (exact) mass is 342 g/mol. The van der Waals surface area contributed by atoms with Gasteiger partial charge in [0.25, 0.3) is 0 Å². The second kappa shape index (κ2) is 6.39. The summed E-state index contributed by atoms with van der Waals surface area (Å²) in [5.41, 5.74) is 7.75. The lowest BCUT2D eigenvalue weighted by molar-refractivity contribution is 0.906. The minimum absolute atomic E-state index is 0. The highest BCUT2D eigenvalue weighted by Gasteiger charge is 2.00. The molecule has 0 bridgehead atoms. The summed E-state index contributed by atoms with van der Waals surface area (Å²) >= 11 is 0. The maximum absolute atomic E-state index is 5.59. The lowest BCUT2D eigenvalue weighted by atomic mass is 10.1. The molecule has 1 aromatic heterocycles. The number of hydrogen-bond acceptors (Lipinski definition) is 2. The highest BCUT2D eigenvalue weighted by molar-refractivity contribution is 14.0. The number of nitrogens with zero attached hydrogens (tertiary/aromatic N) is 2. The number of hydrogen-bond donors (Lipinski definition) is 2. The molecule has 2 rings (SSSR count). The zero-order chi connectivity index (χ0) is 11.4. The molecule has 0 amide bonds. The molecule has 0 spiro atoms. The van der Waals surface area contributed by atoms with Crippen LogP contribution in [0.2, 0.25) is 0 Å². The van der Waals surface area contributed by atoms with Crippen molar-refractivity contribution < 1.29 is 0 Å². The number of aliphatic imine (C=N–C) groups is 1. The zero-order valence-electron chi connectivity index (χ0n) is 9.55. The summed E-state index contributed by atoms with van der Waals surface area (Å²) in [6.45, 7) is 0.659. The van der Waals surface area contributed by atoms with E-state index in [1.165, 1.54) is 0 Å². The smallest absolute Gasteiger partial charge is 0.188 e. The predicted molar refractivity (Wildman–Crippen MR) is 81.5 cm³/mol. The third-order valence-electron chi connectivity index (χ3n) is 2.44. The number of aromatic nitrogens is 1. The molecular weight excluding hydrogens is 327 g/mol. The Morgan fingerprint density at radius 2 is 2.12 bits per heavy atom. The second-order valence-electron chi connectivity index (χ2n) is 3.45. The average Bonchev–Trinajstić information content (AvgIpc) is 2.35. The summed E-state index contributed by atoms with van der Waals surface area (Å²) < 4.78 is 0. The fraction of sp³-hybridized carbons (Fsp3) is 0.167. The van der Waals surface area contributed by atoms with Gasteiger partial charge in [-0.2, -0.15) is 0 Å². The highest BCUT2D eigenvalue weighted by atomic mass is 127. The minimum atomic E-state index is 0. The average molecular weight is 342 g/mol. The van der Waals surface area contributed by atoms with Crippen molar-refractivity contribution in [1.82, 2.24) is 10.3 Å². The van der Waals surface area contributed by atoms with E-state index in [1.54, 1.807) is 13.2 Å². The third-order valence-corrected chi connectivity index (χ3v) is 2.44. The van der Waals surface area contributed by atoms with Gasteiger partial charge in [0.05, 0.1) is 5.52 Å². The molecule has 3 N–H and O–H groups in total. The first-order chi connectivity index (χ1) is 7.81. The molecule has 0 aliphatic heterocycles. The number of rotatable bonds is 2. The molecule has 0 aliphatic carbocycles. The van der Waals surface area contributed by atoms with Gasteiger partial charge in [0, 0.05) is 25.2 Å². The standard InChI is InChI=1S/C12H14N4.HI/c1-14-12(13)16-8-9-6-7-15-11-5-3-2-4-10(9)11;/h2-7H,8H2,1H3,(H3,13,14,16);1H. The van der Waals surface area contributed by atoms with Crippen LogP contribution >= 0.6 is 24.0 Å². The summed E-state index contributed by atoms with van der Waals surface area (Å²) in [5, 5.41) is 4.18. The largest absolute Gasteiger partial charge is 0.370 e. The van der Waals surface area contributed by atoms with Crippen molar-refractivity contribution in [2.75, 3.05) is 7.05 Å². The van der Waals surface area contributed by atoms with Gasteiger partial charge in [-0.3, -0.25) is 9.98 Å². The zero-order valence-corrected chi connectivity index (χ0v) is 11.9. The van der Waals surface area contributed by atoms with Crippen LogP contribution < -0.4 is 11.1 Å². The first-order valence-corrected chi connectivity index (χ1v) is 5.10. The summed E-state index contributed by atoms with van der Waals surface area (Å²) in [6.07, 6.45) is 1.80. The van der Waals surface area contributed by atoms with Crippen LogP contribution in [0, 0.1) is 0 Å². The third kappa shape index (κ3) is 3.29. The van der Waals surface area contributed by atoms with Crippen molar-refractivity contribution in [2.45, 2.75) is 6.54 Å². The molecule has 0 unspecified atom stereocenters. The van der Waals surface area contributed by atoms with E-state index in [0.29, 0.717) is 12.5 Å². The van der Waals surface area contributed by atoms with Crippen LogP contribution in [0.5, 0.6) is 0 Å². The molecule has 0 aliphatic rings. The van der Waals surface area contributed by atoms with E-state index in [4.69, 9.17) is 5.73 Å². The molecule has 17 heavy (non-hydrogen) atoms. The highest BCUT2D eigenvalue weighted by Crippen LogP contribution is 2.15. The lowest BCUT2D eigenvalue weighted by Crippen LogP contribution is -2.30. The Morgan fingerprint density at radius 1 is 1.35 bits per heavy atom. The van der Waals surface area contributed by atoms with E-state index in [-0.39, 0.29) is 24.0 Å². The fourth-order valence-corrected chi connectivity index (χ4v) is 1.57. The fourth-order valence-electron chi connectivity index (χ4n) is 1.57. The Kier molecular flexibility index (Phi) is 5.14. The van der Waals surface area contributed by atoms with Crippen molar-refractivity contribution in [3.8, 4) is 0 Å². The number of benzene rings is 1. The van der Waals surface area contributed by atoms with E-state index in [9.17, 15) is 0 Å². The van der Waals surface area contributed by atoms with Crippen molar-refractivity contribution >= 4 is 40.8 Å². The van der Waals surface area contributed by atoms with E-state index in [2.05, 4.69) is 21.4 Å². The van der Waals surface area contributed by atoms with E-state index < -0.39 is 0 Å². The first kappa shape index (κ1) is 13.7. The molecule has 0 fully saturated rings.